The van der Waals surface area contributed by atoms with Crippen molar-refractivity contribution in [3.63, 3.8) is 0 Å². The molecule has 1 aromatic heterocycles. The number of hydrogen-bond donors (Lipinski definition) is 0. The summed E-state index contributed by atoms with van der Waals surface area (Å²) < 4.78 is 0. The van der Waals surface area contributed by atoms with Crippen molar-refractivity contribution in [3.8, 4) is 0 Å². The van der Waals surface area contributed by atoms with Crippen LogP contribution in [0, 0.1) is 0 Å². The maximum absolute atomic E-state index is 4.94. The number of rotatable bonds is 5. The van der Waals surface area contributed by atoms with Crippen LogP contribution in [-0.2, 0) is 11.8 Å². The summed E-state index contributed by atoms with van der Waals surface area (Å²) in [6.45, 7) is 5.91. The van der Waals surface area contributed by atoms with E-state index in [4.69, 9.17) is 4.98 Å². The molecule has 5 heteroatoms. The summed E-state index contributed by atoms with van der Waals surface area (Å²) in [5.41, 5.74) is 3.02. The molecule has 0 N–H and O–H groups in total. The van der Waals surface area contributed by atoms with Gasteiger partial charge in [-0.1, -0.05) is 6.92 Å². The fraction of sp³-hybridized carbons (Fsp3) is 0.765. The predicted octanol–water partition coefficient (Wildman–Crippen LogP) is 2.58. The predicted molar refractivity (Wildman–Crippen MR) is 95.0 cm³/mol. The summed E-state index contributed by atoms with van der Waals surface area (Å²) in [5, 5.41) is 0. The highest BCUT2D eigenvalue weighted by Gasteiger charge is 2.43. The second-order valence-corrected chi connectivity index (χ2v) is 8.19. The molecule has 122 valence electrons. The van der Waals surface area contributed by atoms with E-state index in [1.165, 1.54) is 61.7 Å². The fourth-order valence-corrected chi connectivity index (χ4v) is 4.58. The zero-order chi connectivity index (χ0) is 15.6. The van der Waals surface area contributed by atoms with Crippen LogP contribution in [0.3, 0.4) is 0 Å². The first-order valence-electron chi connectivity index (χ1n) is 8.48. The van der Waals surface area contributed by atoms with Crippen molar-refractivity contribution in [2.75, 3.05) is 50.1 Å². The second kappa shape index (κ2) is 6.75. The molecular formula is C17H28N4S. The monoisotopic (exact) mass is 320 g/mol. The Morgan fingerprint density at radius 3 is 3.00 bits per heavy atom. The van der Waals surface area contributed by atoms with Crippen LogP contribution in [0.4, 0.5) is 5.95 Å². The van der Waals surface area contributed by atoms with Gasteiger partial charge in [0.05, 0.1) is 5.69 Å². The summed E-state index contributed by atoms with van der Waals surface area (Å²) >= 11 is 2.05. The van der Waals surface area contributed by atoms with Gasteiger partial charge in [-0.3, -0.25) is 0 Å². The van der Waals surface area contributed by atoms with E-state index in [0.29, 0.717) is 0 Å². The molecule has 0 bridgehead atoms. The van der Waals surface area contributed by atoms with Gasteiger partial charge < -0.3 is 9.80 Å². The number of hydrogen-bond acceptors (Lipinski definition) is 5. The van der Waals surface area contributed by atoms with E-state index in [1.54, 1.807) is 0 Å². The summed E-state index contributed by atoms with van der Waals surface area (Å²) in [4.78, 5) is 14.1. The average Bonchev–Trinajstić information content (AvgIpc) is 2.86. The minimum atomic E-state index is 0.290. The number of anilines is 1. The fourth-order valence-electron chi connectivity index (χ4n) is 3.90. The molecular weight excluding hydrogens is 292 g/mol. The molecule has 1 aliphatic heterocycles. The van der Waals surface area contributed by atoms with Crippen LogP contribution in [0.5, 0.6) is 0 Å². The highest BCUT2D eigenvalue weighted by Crippen LogP contribution is 2.44. The number of piperidine rings is 1. The zero-order valence-corrected chi connectivity index (χ0v) is 15.0. The first-order chi connectivity index (χ1) is 10.6. The van der Waals surface area contributed by atoms with Gasteiger partial charge in [-0.05, 0) is 43.5 Å². The number of aromatic nitrogens is 2. The molecule has 0 aromatic carbocycles. The van der Waals surface area contributed by atoms with Crippen LogP contribution in [0.15, 0.2) is 6.20 Å². The zero-order valence-electron chi connectivity index (χ0n) is 14.1. The average molecular weight is 321 g/mol. The van der Waals surface area contributed by atoms with Crippen molar-refractivity contribution < 1.29 is 0 Å². The quantitative estimate of drug-likeness (QED) is 0.779. The largest absolute Gasteiger partial charge is 0.347 e. The molecule has 1 spiro atoms. The smallest absolute Gasteiger partial charge is 0.225 e. The van der Waals surface area contributed by atoms with Crippen molar-refractivity contribution in [1.29, 1.82) is 0 Å². The molecule has 3 rings (SSSR count). The molecule has 1 fully saturated rings. The van der Waals surface area contributed by atoms with Crippen LogP contribution in [0.2, 0.25) is 0 Å². The minimum absolute atomic E-state index is 0.290. The third-order valence-electron chi connectivity index (χ3n) is 5.04. The molecule has 2 aliphatic rings. The van der Waals surface area contributed by atoms with Crippen molar-refractivity contribution in [2.45, 2.75) is 38.0 Å². The van der Waals surface area contributed by atoms with Gasteiger partial charge in [-0.2, -0.15) is 11.8 Å². The van der Waals surface area contributed by atoms with Gasteiger partial charge in [0.25, 0.3) is 0 Å². The minimum Gasteiger partial charge on any atom is -0.347 e. The molecule has 1 atom stereocenters. The Labute approximate surface area is 138 Å². The van der Waals surface area contributed by atoms with Crippen LogP contribution in [0.1, 0.15) is 37.4 Å². The summed E-state index contributed by atoms with van der Waals surface area (Å²) in [7, 11) is 4.05. The van der Waals surface area contributed by atoms with Crippen LogP contribution in [0.25, 0.3) is 0 Å². The molecule has 0 amide bonds. The van der Waals surface area contributed by atoms with Crippen molar-refractivity contribution in [2.24, 2.45) is 0 Å². The lowest BCUT2D eigenvalue weighted by atomic mass is 9.77. The molecule has 2 heterocycles. The molecule has 1 saturated heterocycles. The summed E-state index contributed by atoms with van der Waals surface area (Å²) in [5.74, 6) is 3.34. The lowest BCUT2D eigenvalue weighted by molar-refractivity contribution is 0.151. The Morgan fingerprint density at radius 2 is 2.23 bits per heavy atom. The van der Waals surface area contributed by atoms with Crippen LogP contribution in [-0.4, -0.2) is 60.1 Å². The Balaban J connectivity index is 1.78. The van der Waals surface area contributed by atoms with E-state index in [0.717, 1.165) is 12.4 Å². The van der Waals surface area contributed by atoms with Crippen LogP contribution < -0.4 is 4.90 Å². The molecule has 4 nitrogen and oxygen atoms in total. The molecule has 0 saturated carbocycles. The van der Waals surface area contributed by atoms with Gasteiger partial charge >= 0.3 is 0 Å². The van der Waals surface area contributed by atoms with Crippen molar-refractivity contribution >= 4 is 17.7 Å². The van der Waals surface area contributed by atoms with E-state index in [2.05, 4.69) is 34.8 Å². The first-order valence-corrected chi connectivity index (χ1v) is 9.64. The third kappa shape index (κ3) is 3.11. The number of aryl methyl sites for hydroxylation is 1. The van der Waals surface area contributed by atoms with E-state index in [1.807, 2.05) is 19.0 Å². The maximum atomic E-state index is 4.94. The topological polar surface area (TPSA) is 32.3 Å². The Kier molecular flexibility index (Phi) is 4.93. The van der Waals surface area contributed by atoms with Crippen molar-refractivity contribution in [1.82, 2.24) is 14.9 Å². The lowest BCUT2D eigenvalue weighted by Gasteiger charge is -2.40. The highest BCUT2D eigenvalue weighted by atomic mass is 32.2. The summed E-state index contributed by atoms with van der Waals surface area (Å²) in [6.07, 6.45) is 7.07. The molecule has 1 aliphatic carbocycles. The number of nitrogens with zero attached hydrogens (tertiary/aromatic N) is 4. The van der Waals surface area contributed by atoms with E-state index < -0.39 is 0 Å². The first kappa shape index (κ1) is 16.1. The Hall–Kier alpha value is -0.810. The summed E-state index contributed by atoms with van der Waals surface area (Å²) in [6, 6.07) is 0. The maximum Gasteiger partial charge on any atom is 0.225 e. The Bertz CT molecular complexity index is 515. The van der Waals surface area contributed by atoms with Crippen molar-refractivity contribution in [3.05, 3.63) is 17.5 Å². The molecule has 1 aromatic rings. The number of thioether (sulfide) groups is 1. The van der Waals surface area contributed by atoms with Gasteiger partial charge in [-0.15, -0.1) is 0 Å². The van der Waals surface area contributed by atoms with Crippen LogP contribution >= 0.6 is 11.8 Å². The molecule has 0 radical (unpaired) electrons. The normalized spacial score (nSPS) is 24.7. The van der Waals surface area contributed by atoms with Gasteiger partial charge in [0.15, 0.2) is 0 Å². The lowest BCUT2D eigenvalue weighted by Crippen LogP contribution is -2.46. The molecule has 22 heavy (non-hydrogen) atoms. The Morgan fingerprint density at radius 1 is 1.36 bits per heavy atom. The van der Waals surface area contributed by atoms with Gasteiger partial charge in [0, 0.05) is 44.5 Å². The SMILES string of the molecule is CCSCCN1CCCC2(CCc3cnc(N(C)C)nc32)C1. The standard InChI is InChI=1S/C17H28N4S/c1-4-22-11-10-21-9-5-7-17(13-21)8-6-14-12-18-16(20(2)3)19-15(14)17/h12H,4-11,13H2,1-3H3. The number of fused-ring (bicyclic) bond motifs is 2. The highest BCUT2D eigenvalue weighted by molar-refractivity contribution is 7.99. The third-order valence-corrected chi connectivity index (χ3v) is 5.92. The number of likely N-dealkylation sites (tertiary alicyclic amines) is 1. The van der Waals surface area contributed by atoms with E-state index in [9.17, 15) is 0 Å². The van der Waals surface area contributed by atoms with Gasteiger partial charge in [0.2, 0.25) is 5.95 Å². The van der Waals surface area contributed by atoms with E-state index >= 15 is 0 Å². The van der Waals surface area contributed by atoms with Gasteiger partial charge in [0.1, 0.15) is 0 Å². The van der Waals surface area contributed by atoms with Gasteiger partial charge in [-0.25, -0.2) is 9.97 Å². The second-order valence-electron chi connectivity index (χ2n) is 6.80. The molecule has 1 unspecified atom stereocenters. The van der Waals surface area contributed by atoms with E-state index in [-0.39, 0.29) is 5.41 Å².